The molecule has 1 amide bonds. The molecule has 4 aromatic rings. The minimum absolute atomic E-state index is 0.0903. The van der Waals surface area contributed by atoms with Crippen molar-refractivity contribution < 1.29 is 13.9 Å². The predicted molar refractivity (Wildman–Crippen MR) is 108 cm³/mol. The highest BCUT2D eigenvalue weighted by Crippen LogP contribution is 2.19. The fraction of sp³-hybridized carbons (Fsp3) is 0.143. The molecule has 0 aliphatic rings. The lowest BCUT2D eigenvalue weighted by Crippen LogP contribution is -2.27. The molecule has 0 radical (unpaired) electrons. The number of methoxy groups -OCH3 is 1. The third-order valence-corrected chi connectivity index (χ3v) is 4.60. The van der Waals surface area contributed by atoms with Crippen molar-refractivity contribution in [3.8, 4) is 17.0 Å². The molecule has 2 aromatic carbocycles. The number of aromatic nitrogens is 4. The number of benzene rings is 2. The summed E-state index contributed by atoms with van der Waals surface area (Å²) in [6.45, 7) is 0.287. The third kappa shape index (κ3) is 3.90. The summed E-state index contributed by atoms with van der Waals surface area (Å²) < 4.78 is 19.8. The number of hydrogen-bond donors (Lipinski definition) is 2. The lowest BCUT2D eigenvalue weighted by molar-refractivity contribution is -0.120. The molecular weight excluding hydrogens is 389 g/mol. The minimum atomic E-state index is -0.436. The van der Waals surface area contributed by atoms with Gasteiger partial charge in [0.25, 0.3) is 5.56 Å². The van der Waals surface area contributed by atoms with Crippen LogP contribution < -0.4 is 15.6 Å². The van der Waals surface area contributed by atoms with Crippen LogP contribution in [0.2, 0.25) is 0 Å². The number of H-pyrrole nitrogens is 1. The fourth-order valence-electron chi connectivity index (χ4n) is 3.08. The second kappa shape index (κ2) is 8.16. The van der Waals surface area contributed by atoms with Gasteiger partial charge < -0.3 is 10.1 Å². The molecule has 0 saturated heterocycles. The molecule has 8 nitrogen and oxygen atoms in total. The number of carbonyl (C=O) groups excluding carboxylic acids is 1. The molecule has 2 N–H and O–H groups in total. The molecule has 30 heavy (non-hydrogen) atoms. The van der Waals surface area contributed by atoms with Crippen LogP contribution in [-0.4, -0.2) is 32.8 Å². The summed E-state index contributed by atoms with van der Waals surface area (Å²) in [5, 5.41) is 13.6. The van der Waals surface area contributed by atoms with Crippen LogP contribution in [0.3, 0.4) is 0 Å². The zero-order chi connectivity index (χ0) is 21.1. The Balaban J connectivity index is 1.56. The Bertz CT molecular complexity index is 1260. The van der Waals surface area contributed by atoms with Gasteiger partial charge in [-0.3, -0.25) is 9.59 Å². The van der Waals surface area contributed by atoms with Crippen molar-refractivity contribution >= 4 is 11.4 Å². The van der Waals surface area contributed by atoms with Gasteiger partial charge in [-0.2, -0.15) is 10.2 Å². The molecule has 0 saturated carbocycles. The summed E-state index contributed by atoms with van der Waals surface area (Å²) in [5.74, 6) is 0.295. The van der Waals surface area contributed by atoms with Crippen LogP contribution in [0, 0.1) is 5.82 Å². The van der Waals surface area contributed by atoms with Crippen LogP contribution in [0.4, 0.5) is 4.39 Å². The normalized spacial score (nSPS) is 10.9. The van der Waals surface area contributed by atoms with Gasteiger partial charge in [0.2, 0.25) is 5.91 Å². The molecule has 152 valence electrons. The van der Waals surface area contributed by atoms with Crippen molar-refractivity contribution in [1.29, 1.82) is 0 Å². The molecule has 2 aromatic heterocycles. The van der Waals surface area contributed by atoms with E-state index in [9.17, 15) is 14.0 Å². The van der Waals surface area contributed by atoms with Gasteiger partial charge in [0.15, 0.2) is 5.82 Å². The minimum Gasteiger partial charge on any atom is -0.496 e. The van der Waals surface area contributed by atoms with Crippen molar-refractivity contribution in [3.05, 3.63) is 82.2 Å². The second-order valence-electron chi connectivity index (χ2n) is 6.57. The number of carbonyl (C=O) groups is 1. The Morgan fingerprint density at radius 2 is 1.97 bits per heavy atom. The molecule has 0 bridgehead atoms. The molecule has 0 atom stereocenters. The van der Waals surface area contributed by atoms with Gasteiger partial charge in [-0.05, 0) is 36.4 Å². The van der Waals surface area contributed by atoms with Gasteiger partial charge in [-0.15, -0.1) is 0 Å². The van der Waals surface area contributed by atoms with Gasteiger partial charge in [0.1, 0.15) is 17.1 Å². The molecule has 0 aliphatic heterocycles. The summed E-state index contributed by atoms with van der Waals surface area (Å²) in [4.78, 5) is 24.6. The number of aromatic amines is 1. The average Bonchev–Trinajstić information content (AvgIpc) is 3.21. The smallest absolute Gasteiger partial charge is 0.290 e. The van der Waals surface area contributed by atoms with Crippen molar-refractivity contribution in [2.75, 3.05) is 7.11 Å². The molecule has 0 aliphatic carbocycles. The van der Waals surface area contributed by atoms with Crippen molar-refractivity contribution in [3.63, 3.8) is 0 Å². The number of ether oxygens (including phenoxy) is 1. The van der Waals surface area contributed by atoms with Gasteiger partial charge in [-0.25, -0.2) is 14.0 Å². The van der Waals surface area contributed by atoms with Crippen LogP contribution in [0.15, 0.2) is 59.4 Å². The SMILES string of the molecule is COc1ccccc1CNC(=O)Cc1n[nH]c(=O)c2cc(-c3ccc(F)cc3)nn12. The first-order chi connectivity index (χ1) is 14.5. The van der Waals surface area contributed by atoms with E-state index in [0.29, 0.717) is 17.0 Å². The van der Waals surface area contributed by atoms with Crippen LogP contribution in [0.5, 0.6) is 5.75 Å². The zero-order valence-electron chi connectivity index (χ0n) is 16.1. The summed E-state index contributed by atoms with van der Waals surface area (Å²) in [6.07, 6.45) is -0.0903. The number of halogens is 1. The Labute approximate surface area is 170 Å². The van der Waals surface area contributed by atoms with E-state index in [-0.39, 0.29) is 36.0 Å². The molecule has 9 heteroatoms. The van der Waals surface area contributed by atoms with E-state index in [1.165, 1.54) is 16.6 Å². The fourth-order valence-corrected chi connectivity index (χ4v) is 3.08. The lowest BCUT2D eigenvalue weighted by Gasteiger charge is -2.09. The van der Waals surface area contributed by atoms with E-state index >= 15 is 0 Å². The van der Waals surface area contributed by atoms with Crippen molar-refractivity contribution in [2.24, 2.45) is 0 Å². The maximum atomic E-state index is 13.2. The summed E-state index contributed by atoms with van der Waals surface area (Å²) >= 11 is 0. The first-order valence-electron chi connectivity index (χ1n) is 9.17. The highest BCUT2D eigenvalue weighted by atomic mass is 19.1. The van der Waals surface area contributed by atoms with E-state index < -0.39 is 5.56 Å². The van der Waals surface area contributed by atoms with Gasteiger partial charge in [0, 0.05) is 17.7 Å². The number of para-hydroxylation sites is 1. The third-order valence-electron chi connectivity index (χ3n) is 4.60. The number of amides is 1. The topological polar surface area (TPSA) is 101 Å². The van der Waals surface area contributed by atoms with Crippen LogP contribution in [0.1, 0.15) is 11.4 Å². The standard InChI is InChI=1S/C21H18FN5O3/c1-30-18-5-3-2-4-14(18)12-23-20(28)11-19-24-25-21(29)17-10-16(26-27(17)19)13-6-8-15(22)9-7-13/h2-10H,11-12H2,1H3,(H,23,28)(H,25,29). The summed E-state index contributed by atoms with van der Waals surface area (Å²) in [5.41, 5.74) is 1.77. The number of hydrogen-bond acceptors (Lipinski definition) is 5. The van der Waals surface area contributed by atoms with E-state index in [0.717, 1.165) is 5.56 Å². The van der Waals surface area contributed by atoms with Gasteiger partial charge in [0.05, 0.1) is 19.2 Å². The second-order valence-corrected chi connectivity index (χ2v) is 6.57. The zero-order valence-corrected chi connectivity index (χ0v) is 16.1. The van der Waals surface area contributed by atoms with Gasteiger partial charge in [-0.1, -0.05) is 18.2 Å². The summed E-state index contributed by atoms with van der Waals surface area (Å²) in [7, 11) is 1.57. The maximum Gasteiger partial charge on any atom is 0.290 e. The predicted octanol–water partition coefficient (Wildman–Crippen LogP) is 2.09. The Morgan fingerprint density at radius 1 is 1.20 bits per heavy atom. The largest absolute Gasteiger partial charge is 0.496 e. The Morgan fingerprint density at radius 3 is 2.73 bits per heavy atom. The quantitative estimate of drug-likeness (QED) is 0.510. The molecule has 0 fully saturated rings. The number of nitrogens with zero attached hydrogens (tertiary/aromatic N) is 3. The first kappa shape index (κ1) is 19.3. The molecule has 0 unspecified atom stereocenters. The summed E-state index contributed by atoms with van der Waals surface area (Å²) in [6, 6.07) is 14.7. The monoisotopic (exact) mass is 407 g/mol. The lowest BCUT2D eigenvalue weighted by atomic mass is 10.1. The highest BCUT2D eigenvalue weighted by Gasteiger charge is 2.15. The molecule has 4 rings (SSSR count). The molecule has 2 heterocycles. The molecular formula is C21H18FN5O3. The van der Waals surface area contributed by atoms with E-state index in [1.807, 2.05) is 24.3 Å². The Kier molecular flexibility index (Phi) is 5.25. The van der Waals surface area contributed by atoms with Crippen molar-refractivity contribution in [2.45, 2.75) is 13.0 Å². The van der Waals surface area contributed by atoms with E-state index in [4.69, 9.17) is 4.74 Å². The van der Waals surface area contributed by atoms with Crippen molar-refractivity contribution in [1.82, 2.24) is 25.1 Å². The van der Waals surface area contributed by atoms with Gasteiger partial charge >= 0.3 is 0 Å². The Hall–Kier alpha value is -4.01. The number of fused-ring (bicyclic) bond motifs is 1. The average molecular weight is 407 g/mol. The van der Waals surface area contributed by atoms with E-state index in [2.05, 4.69) is 20.6 Å². The first-order valence-corrected chi connectivity index (χ1v) is 9.17. The van der Waals surface area contributed by atoms with Crippen LogP contribution in [-0.2, 0) is 17.8 Å². The molecule has 0 spiro atoms. The van der Waals surface area contributed by atoms with Crippen LogP contribution >= 0.6 is 0 Å². The number of nitrogens with one attached hydrogen (secondary N) is 2. The van der Waals surface area contributed by atoms with E-state index in [1.54, 1.807) is 25.3 Å². The maximum absolute atomic E-state index is 13.2. The van der Waals surface area contributed by atoms with Crippen LogP contribution in [0.25, 0.3) is 16.8 Å². The number of rotatable bonds is 6. The highest BCUT2D eigenvalue weighted by molar-refractivity contribution is 5.78.